The molecule has 20 heavy (non-hydrogen) atoms. The number of amides is 1. The van der Waals surface area contributed by atoms with Gasteiger partial charge in [0.2, 0.25) is 0 Å². The molecule has 104 valence electrons. The Hall–Kier alpha value is -2.47. The van der Waals surface area contributed by atoms with Gasteiger partial charge in [0.15, 0.2) is 11.6 Å². The molecule has 2 aromatic carbocycles. The Balaban J connectivity index is 2.19. The first kappa shape index (κ1) is 14.0. The summed E-state index contributed by atoms with van der Waals surface area (Å²) in [5.74, 6) is 3.10. The number of hydrazine groups is 1. The van der Waals surface area contributed by atoms with E-state index >= 15 is 0 Å². The van der Waals surface area contributed by atoms with Gasteiger partial charge in [-0.05, 0) is 18.2 Å². The number of carbonyl (C=O) groups is 1. The number of hydrogen-bond donors (Lipinski definition) is 2. The number of nitrogens with one attached hydrogen (secondary N) is 1. The van der Waals surface area contributed by atoms with E-state index in [1.54, 1.807) is 24.3 Å². The van der Waals surface area contributed by atoms with Gasteiger partial charge in [-0.1, -0.05) is 18.2 Å². The average molecular weight is 278 g/mol. The lowest BCUT2D eigenvalue weighted by Crippen LogP contribution is -2.30. The van der Waals surface area contributed by atoms with Crippen LogP contribution in [0.15, 0.2) is 42.5 Å². The normalized spacial score (nSPS) is 10.2. The number of nitrogens with two attached hydrogens (primary N) is 1. The first-order valence-corrected chi connectivity index (χ1v) is 5.78. The van der Waals surface area contributed by atoms with Crippen LogP contribution < -0.4 is 16.0 Å². The number of halogens is 2. The van der Waals surface area contributed by atoms with Gasteiger partial charge in [0.05, 0.1) is 0 Å². The fraction of sp³-hybridized carbons (Fsp3) is 0.0714. The SMILES string of the molecule is NNC(=O)c1ccccc1COc1cc(F)ccc1F. The molecule has 0 atom stereocenters. The van der Waals surface area contributed by atoms with Crippen LogP contribution in [0, 0.1) is 11.6 Å². The minimum atomic E-state index is -0.674. The zero-order chi connectivity index (χ0) is 14.5. The van der Waals surface area contributed by atoms with Gasteiger partial charge in [0.1, 0.15) is 12.4 Å². The standard InChI is InChI=1S/C14H12F2N2O2/c15-10-5-6-12(16)13(7-10)20-8-9-3-1-2-4-11(9)14(19)18-17/h1-7H,8,17H2,(H,18,19). The third kappa shape index (κ3) is 3.10. The van der Waals surface area contributed by atoms with E-state index in [0.717, 1.165) is 18.2 Å². The van der Waals surface area contributed by atoms with Crippen molar-refractivity contribution in [3.8, 4) is 5.75 Å². The van der Waals surface area contributed by atoms with Crippen molar-refractivity contribution in [1.29, 1.82) is 0 Å². The molecule has 0 aliphatic heterocycles. The molecular formula is C14H12F2N2O2. The molecule has 0 spiro atoms. The van der Waals surface area contributed by atoms with Crippen molar-refractivity contribution in [3.63, 3.8) is 0 Å². The Labute approximate surface area is 114 Å². The van der Waals surface area contributed by atoms with Crippen molar-refractivity contribution >= 4 is 5.91 Å². The molecule has 0 radical (unpaired) electrons. The maximum atomic E-state index is 13.4. The molecule has 0 aliphatic rings. The number of rotatable bonds is 4. The van der Waals surface area contributed by atoms with E-state index in [2.05, 4.69) is 0 Å². The Bertz CT molecular complexity index is 632. The second kappa shape index (κ2) is 6.12. The minimum absolute atomic E-state index is 0.0794. The first-order chi connectivity index (χ1) is 9.61. The largest absolute Gasteiger partial charge is 0.486 e. The summed E-state index contributed by atoms with van der Waals surface area (Å²) in [6, 6.07) is 9.48. The molecule has 1 amide bonds. The molecule has 0 fully saturated rings. The number of benzene rings is 2. The molecule has 0 aliphatic carbocycles. The second-order valence-corrected chi connectivity index (χ2v) is 3.99. The molecule has 0 unspecified atom stereocenters. The maximum Gasteiger partial charge on any atom is 0.265 e. The highest BCUT2D eigenvalue weighted by Gasteiger charge is 2.11. The van der Waals surface area contributed by atoms with Gasteiger partial charge in [-0.3, -0.25) is 10.2 Å². The summed E-state index contributed by atoms with van der Waals surface area (Å²) in [6.45, 7) is -0.0794. The lowest BCUT2D eigenvalue weighted by atomic mass is 10.1. The summed E-state index contributed by atoms with van der Waals surface area (Å²) in [7, 11) is 0. The van der Waals surface area contributed by atoms with Gasteiger partial charge in [0, 0.05) is 17.2 Å². The zero-order valence-electron chi connectivity index (χ0n) is 10.4. The predicted molar refractivity (Wildman–Crippen MR) is 68.8 cm³/mol. The van der Waals surface area contributed by atoms with Crippen LogP contribution >= 0.6 is 0 Å². The molecule has 4 nitrogen and oxygen atoms in total. The average Bonchev–Trinajstić information content (AvgIpc) is 2.47. The Kier molecular flexibility index (Phi) is 4.27. The second-order valence-electron chi connectivity index (χ2n) is 3.99. The summed E-state index contributed by atoms with van der Waals surface area (Å²) < 4.78 is 31.6. The molecule has 3 N–H and O–H groups in total. The predicted octanol–water partition coefficient (Wildman–Crippen LogP) is 2.15. The van der Waals surface area contributed by atoms with Gasteiger partial charge >= 0.3 is 0 Å². The van der Waals surface area contributed by atoms with Crippen molar-refractivity contribution in [1.82, 2.24) is 5.43 Å². The third-order valence-electron chi connectivity index (χ3n) is 2.67. The van der Waals surface area contributed by atoms with E-state index in [9.17, 15) is 13.6 Å². The van der Waals surface area contributed by atoms with Crippen LogP contribution in [0.3, 0.4) is 0 Å². The molecule has 0 bridgehead atoms. The highest BCUT2D eigenvalue weighted by molar-refractivity contribution is 5.95. The fourth-order valence-electron chi connectivity index (χ4n) is 1.69. The van der Waals surface area contributed by atoms with Crippen LogP contribution in [0.25, 0.3) is 0 Å². The van der Waals surface area contributed by atoms with Crippen molar-refractivity contribution in [2.45, 2.75) is 6.61 Å². The van der Waals surface area contributed by atoms with Crippen LogP contribution in [0.1, 0.15) is 15.9 Å². The van der Waals surface area contributed by atoms with E-state index in [1.165, 1.54) is 0 Å². The summed E-state index contributed by atoms with van der Waals surface area (Å²) in [5, 5.41) is 0. The monoisotopic (exact) mass is 278 g/mol. The number of carbonyl (C=O) groups excluding carboxylic acids is 1. The molecule has 0 saturated carbocycles. The number of ether oxygens (including phenoxy) is 1. The molecule has 0 aromatic heterocycles. The van der Waals surface area contributed by atoms with Crippen LogP contribution in [0.5, 0.6) is 5.75 Å². The van der Waals surface area contributed by atoms with Gasteiger partial charge in [-0.25, -0.2) is 14.6 Å². The van der Waals surface area contributed by atoms with Gasteiger partial charge in [0.25, 0.3) is 5.91 Å². The van der Waals surface area contributed by atoms with E-state index < -0.39 is 17.5 Å². The van der Waals surface area contributed by atoms with Crippen LogP contribution in [-0.4, -0.2) is 5.91 Å². The number of hydrogen-bond acceptors (Lipinski definition) is 3. The van der Waals surface area contributed by atoms with Crippen molar-refractivity contribution in [2.75, 3.05) is 0 Å². The highest BCUT2D eigenvalue weighted by Crippen LogP contribution is 2.20. The van der Waals surface area contributed by atoms with E-state index in [1.807, 2.05) is 5.43 Å². The Morgan fingerprint density at radius 2 is 1.95 bits per heavy atom. The summed E-state index contributed by atoms with van der Waals surface area (Å²) in [4.78, 5) is 11.5. The lowest BCUT2D eigenvalue weighted by Gasteiger charge is -2.10. The topological polar surface area (TPSA) is 64.3 Å². The quantitative estimate of drug-likeness (QED) is 0.511. The Morgan fingerprint density at radius 3 is 2.70 bits per heavy atom. The van der Waals surface area contributed by atoms with Crippen molar-refractivity contribution < 1.29 is 18.3 Å². The van der Waals surface area contributed by atoms with Crippen LogP contribution in [-0.2, 0) is 6.61 Å². The van der Waals surface area contributed by atoms with Crippen LogP contribution in [0.4, 0.5) is 8.78 Å². The minimum Gasteiger partial charge on any atom is -0.486 e. The van der Waals surface area contributed by atoms with E-state index in [0.29, 0.717) is 11.1 Å². The van der Waals surface area contributed by atoms with Crippen LogP contribution in [0.2, 0.25) is 0 Å². The van der Waals surface area contributed by atoms with Gasteiger partial charge < -0.3 is 4.74 Å². The van der Waals surface area contributed by atoms with E-state index in [4.69, 9.17) is 10.6 Å². The molecule has 0 saturated heterocycles. The lowest BCUT2D eigenvalue weighted by molar-refractivity contribution is 0.0951. The molecule has 2 aromatic rings. The summed E-state index contributed by atoms with van der Waals surface area (Å²) in [6.07, 6.45) is 0. The molecule has 6 heteroatoms. The molecule has 0 heterocycles. The summed E-state index contributed by atoms with van der Waals surface area (Å²) >= 11 is 0. The van der Waals surface area contributed by atoms with Gasteiger partial charge in [-0.15, -0.1) is 0 Å². The van der Waals surface area contributed by atoms with E-state index in [-0.39, 0.29) is 12.4 Å². The van der Waals surface area contributed by atoms with Crippen molar-refractivity contribution in [3.05, 3.63) is 65.2 Å². The molecular weight excluding hydrogens is 266 g/mol. The summed E-state index contributed by atoms with van der Waals surface area (Å²) in [5.41, 5.74) is 2.84. The van der Waals surface area contributed by atoms with Crippen molar-refractivity contribution in [2.24, 2.45) is 5.84 Å². The molecule has 2 rings (SSSR count). The number of nitrogen functional groups attached to an aromatic ring is 1. The zero-order valence-corrected chi connectivity index (χ0v) is 10.4. The third-order valence-corrected chi connectivity index (χ3v) is 2.67. The van der Waals surface area contributed by atoms with Gasteiger partial charge in [-0.2, -0.15) is 0 Å². The first-order valence-electron chi connectivity index (χ1n) is 5.78. The highest BCUT2D eigenvalue weighted by atomic mass is 19.1. The maximum absolute atomic E-state index is 13.4. The fourth-order valence-corrected chi connectivity index (χ4v) is 1.69. The smallest absolute Gasteiger partial charge is 0.265 e. The Morgan fingerprint density at radius 1 is 1.20 bits per heavy atom.